The Morgan fingerprint density at radius 3 is 2.38 bits per heavy atom. The Bertz CT molecular complexity index is 1440. The Labute approximate surface area is 232 Å². The van der Waals surface area contributed by atoms with Gasteiger partial charge >= 0.3 is 12.1 Å². The van der Waals surface area contributed by atoms with Crippen molar-refractivity contribution in [3.8, 4) is 11.5 Å². The van der Waals surface area contributed by atoms with Gasteiger partial charge in [-0.05, 0) is 66.8 Å². The van der Waals surface area contributed by atoms with E-state index < -0.39 is 23.5 Å². The van der Waals surface area contributed by atoms with E-state index in [1.54, 1.807) is 61.4 Å². The molecular formula is C31H32N2O7. The second-order valence-electron chi connectivity index (χ2n) is 9.79. The molecule has 9 heteroatoms. The number of hydrogen-bond donors (Lipinski definition) is 1. The number of carbonyl (C=O) groups is 3. The van der Waals surface area contributed by atoms with Crippen LogP contribution in [0.3, 0.4) is 0 Å². The summed E-state index contributed by atoms with van der Waals surface area (Å²) in [7, 11) is 3.07. The first-order valence-electron chi connectivity index (χ1n) is 13.3. The Morgan fingerprint density at radius 1 is 1.02 bits per heavy atom. The van der Waals surface area contributed by atoms with Gasteiger partial charge in [0.1, 0.15) is 5.92 Å². The number of rotatable bonds is 8. The molecule has 0 aliphatic carbocycles. The summed E-state index contributed by atoms with van der Waals surface area (Å²) in [6.07, 6.45) is 0.104. The standard InChI is InChI=1S/C31H32N2O7/c1-4-40-30(37)32(21-10-6-5-7-11-21)17-15-31-24-19-26(39-3)25(38-2)18-20(24)14-16-33(31)28(34)23-13-9-8-12-22(23)27(31)29(35)36/h5-13,18-19,27H,4,14-17H2,1-3H3,(H,35,36)/t27-,31-/m0/s1. The van der Waals surface area contributed by atoms with E-state index in [4.69, 9.17) is 14.2 Å². The topological polar surface area (TPSA) is 106 Å². The average Bonchev–Trinajstić information content (AvgIpc) is 2.97. The third-order valence-electron chi connectivity index (χ3n) is 7.91. The molecule has 1 N–H and O–H groups in total. The highest BCUT2D eigenvalue weighted by molar-refractivity contribution is 6.01. The molecule has 0 saturated heterocycles. The molecule has 3 aromatic rings. The Kier molecular flexibility index (Phi) is 7.38. The minimum absolute atomic E-state index is 0.104. The number of methoxy groups -OCH3 is 2. The normalized spacial score (nSPS) is 19.1. The first-order valence-corrected chi connectivity index (χ1v) is 13.3. The van der Waals surface area contributed by atoms with Crippen molar-refractivity contribution in [2.24, 2.45) is 0 Å². The monoisotopic (exact) mass is 544 g/mol. The van der Waals surface area contributed by atoms with Crippen molar-refractivity contribution < 1.29 is 33.7 Å². The summed E-state index contributed by atoms with van der Waals surface area (Å²) in [6, 6.07) is 19.6. The van der Waals surface area contributed by atoms with Gasteiger partial charge in [0.05, 0.1) is 26.4 Å². The number of amides is 2. The van der Waals surface area contributed by atoms with E-state index in [1.807, 2.05) is 24.3 Å². The highest BCUT2D eigenvalue weighted by atomic mass is 16.6. The lowest BCUT2D eigenvalue weighted by molar-refractivity contribution is -0.143. The number of nitrogens with zero attached hydrogens (tertiary/aromatic N) is 2. The molecule has 2 atom stereocenters. The molecule has 0 unspecified atom stereocenters. The van der Waals surface area contributed by atoms with Gasteiger partial charge in [-0.1, -0.05) is 36.4 Å². The molecule has 0 spiro atoms. The van der Waals surface area contributed by atoms with Crippen LogP contribution in [0.2, 0.25) is 0 Å². The third kappa shape index (κ3) is 4.31. The number of ether oxygens (including phenoxy) is 3. The number of aliphatic carboxylic acids is 1. The number of hydrogen-bond acceptors (Lipinski definition) is 6. The molecule has 2 heterocycles. The zero-order valence-electron chi connectivity index (χ0n) is 22.8. The SMILES string of the molecule is CCOC(=O)N(CC[C@@]12c3cc(OC)c(OC)cc3CCN1C(=O)c1ccccc1[C@H]2C(=O)O)c1ccccc1. The summed E-state index contributed by atoms with van der Waals surface area (Å²) in [6.45, 7) is 2.33. The van der Waals surface area contributed by atoms with Crippen LogP contribution in [-0.2, 0) is 21.5 Å². The van der Waals surface area contributed by atoms with Crippen molar-refractivity contribution in [2.45, 2.75) is 31.2 Å². The van der Waals surface area contributed by atoms with Crippen LogP contribution in [-0.4, -0.2) is 61.9 Å². The number of carboxylic acid groups (broad SMARTS) is 1. The fourth-order valence-corrected chi connectivity index (χ4v) is 6.22. The smallest absolute Gasteiger partial charge is 0.414 e. The lowest BCUT2D eigenvalue weighted by Gasteiger charge is -2.54. The minimum atomic E-state index is -1.32. The van der Waals surface area contributed by atoms with Crippen LogP contribution < -0.4 is 14.4 Å². The molecule has 0 bridgehead atoms. The summed E-state index contributed by atoms with van der Waals surface area (Å²) < 4.78 is 16.5. The van der Waals surface area contributed by atoms with Gasteiger partial charge in [-0.25, -0.2) is 4.79 Å². The molecule has 2 amide bonds. The first-order chi connectivity index (χ1) is 19.4. The van der Waals surface area contributed by atoms with Crippen LogP contribution in [0.25, 0.3) is 0 Å². The van der Waals surface area contributed by atoms with Gasteiger partial charge in [0.2, 0.25) is 0 Å². The predicted octanol–water partition coefficient (Wildman–Crippen LogP) is 4.83. The molecule has 0 saturated carbocycles. The Hall–Kier alpha value is -4.53. The van der Waals surface area contributed by atoms with Crippen LogP contribution in [0, 0.1) is 0 Å². The lowest BCUT2D eigenvalue weighted by atomic mass is 9.64. The van der Waals surface area contributed by atoms with Gasteiger partial charge in [-0.2, -0.15) is 0 Å². The molecule has 2 aliphatic rings. The molecule has 2 aliphatic heterocycles. The minimum Gasteiger partial charge on any atom is -0.493 e. The van der Waals surface area contributed by atoms with E-state index in [0.717, 1.165) is 5.56 Å². The van der Waals surface area contributed by atoms with Crippen LogP contribution in [0.15, 0.2) is 66.7 Å². The van der Waals surface area contributed by atoms with Crippen molar-refractivity contribution in [1.82, 2.24) is 4.90 Å². The van der Waals surface area contributed by atoms with E-state index >= 15 is 0 Å². The predicted molar refractivity (Wildman–Crippen MR) is 148 cm³/mol. The van der Waals surface area contributed by atoms with E-state index in [2.05, 4.69) is 0 Å². The largest absolute Gasteiger partial charge is 0.493 e. The molecule has 0 radical (unpaired) electrons. The van der Waals surface area contributed by atoms with Gasteiger partial charge in [-0.15, -0.1) is 0 Å². The quantitative estimate of drug-likeness (QED) is 0.433. The van der Waals surface area contributed by atoms with Crippen LogP contribution in [0.5, 0.6) is 11.5 Å². The van der Waals surface area contributed by atoms with Crippen molar-refractivity contribution in [2.75, 3.05) is 38.8 Å². The van der Waals surface area contributed by atoms with E-state index in [-0.39, 0.29) is 25.5 Å². The second kappa shape index (κ2) is 10.9. The zero-order valence-corrected chi connectivity index (χ0v) is 22.8. The maximum Gasteiger partial charge on any atom is 0.414 e. The second-order valence-corrected chi connectivity index (χ2v) is 9.79. The molecule has 0 fully saturated rings. The number of anilines is 1. The van der Waals surface area contributed by atoms with Gasteiger partial charge in [0, 0.05) is 24.3 Å². The van der Waals surface area contributed by atoms with E-state index in [1.165, 1.54) is 12.0 Å². The van der Waals surface area contributed by atoms with Gasteiger partial charge in [0.25, 0.3) is 5.91 Å². The van der Waals surface area contributed by atoms with Crippen molar-refractivity contribution >= 4 is 23.7 Å². The first kappa shape index (κ1) is 27.1. The van der Waals surface area contributed by atoms with Crippen LogP contribution in [0.4, 0.5) is 10.5 Å². The molecule has 3 aromatic carbocycles. The third-order valence-corrected chi connectivity index (χ3v) is 7.91. The van der Waals surface area contributed by atoms with Crippen LogP contribution >= 0.6 is 0 Å². The summed E-state index contributed by atoms with van der Waals surface area (Å²) >= 11 is 0. The molecule has 5 rings (SSSR count). The van der Waals surface area contributed by atoms with Crippen molar-refractivity contribution in [1.29, 1.82) is 0 Å². The number of benzene rings is 3. The molecule has 208 valence electrons. The van der Waals surface area contributed by atoms with Gasteiger partial charge < -0.3 is 24.2 Å². The summed E-state index contributed by atoms with van der Waals surface area (Å²) in [5.74, 6) is -1.44. The lowest BCUT2D eigenvalue weighted by Crippen LogP contribution is -2.62. The van der Waals surface area contributed by atoms with E-state index in [0.29, 0.717) is 46.8 Å². The summed E-state index contributed by atoms with van der Waals surface area (Å²) in [5.41, 5.74) is 1.66. The number of fused-ring (bicyclic) bond motifs is 4. The maximum absolute atomic E-state index is 14.0. The molecule has 0 aromatic heterocycles. The molecule has 40 heavy (non-hydrogen) atoms. The summed E-state index contributed by atoms with van der Waals surface area (Å²) in [4.78, 5) is 43.6. The highest BCUT2D eigenvalue weighted by Crippen LogP contribution is 2.54. The van der Waals surface area contributed by atoms with E-state index in [9.17, 15) is 19.5 Å². The molecular weight excluding hydrogens is 512 g/mol. The Balaban J connectivity index is 1.73. The average molecular weight is 545 g/mol. The van der Waals surface area contributed by atoms with Gasteiger partial charge in [0.15, 0.2) is 11.5 Å². The zero-order chi connectivity index (χ0) is 28.4. The number of carboxylic acids is 1. The van der Waals surface area contributed by atoms with Crippen LogP contribution in [0.1, 0.15) is 46.3 Å². The van der Waals surface area contributed by atoms with Gasteiger partial charge in [-0.3, -0.25) is 14.5 Å². The van der Waals surface area contributed by atoms with Crippen molar-refractivity contribution in [3.05, 3.63) is 89.0 Å². The fourth-order valence-electron chi connectivity index (χ4n) is 6.22. The molecule has 9 nitrogen and oxygen atoms in total. The highest BCUT2D eigenvalue weighted by Gasteiger charge is 2.58. The maximum atomic E-state index is 14.0. The number of para-hydroxylation sites is 1. The van der Waals surface area contributed by atoms with Crippen molar-refractivity contribution in [3.63, 3.8) is 0 Å². The summed E-state index contributed by atoms with van der Waals surface area (Å²) in [5, 5.41) is 10.8. The fraction of sp³-hybridized carbons (Fsp3) is 0.323. The Morgan fingerprint density at radius 2 is 1.70 bits per heavy atom. The number of carbonyl (C=O) groups excluding carboxylic acids is 2.